The maximum atomic E-state index is 6.94. The van der Waals surface area contributed by atoms with Gasteiger partial charge in [-0.1, -0.05) is 153 Å². The van der Waals surface area contributed by atoms with Gasteiger partial charge in [-0.2, -0.15) is 0 Å². The Morgan fingerprint density at radius 3 is 2.16 bits per heavy atom. The van der Waals surface area contributed by atoms with E-state index in [1.807, 2.05) is 29.5 Å². The molecule has 8 aromatic rings. The Balaban J connectivity index is 1.20. The van der Waals surface area contributed by atoms with Gasteiger partial charge < -0.3 is 5.73 Å². The highest BCUT2D eigenvalue weighted by Crippen LogP contribution is 2.51. The highest BCUT2D eigenvalue weighted by atomic mass is 32.1. The molecule has 3 N–H and O–H groups in total. The number of fused-ring (bicyclic) bond motifs is 7. The summed E-state index contributed by atoms with van der Waals surface area (Å²) in [5.74, 6) is 0. The molecule has 1 aliphatic rings. The molecule has 0 fully saturated rings. The number of rotatable bonds is 7. The Kier molecular flexibility index (Phi) is 7.51. The molecule has 7 aromatic carbocycles. The van der Waals surface area contributed by atoms with Crippen molar-refractivity contribution in [1.29, 1.82) is 0 Å². The second-order valence-corrected chi connectivity index (χ2v) is 15.0. The van der Waals surface area contributed by atoms with Crippen LogP contribution in [-0.4, -0.2) is 0 Å². The van der Waals surface area contributed by atoms with E-state index in [0.29, 0.717) is 0 Å². The lowest BCUT2D eigenvalue weighted by molar-refractivity contribution is 0.510. The summed E-state index contributed by atoms with van der Waals surface area (Å²) in [5, 5.41) is 8.99. The summed E-state index contributed by atoms with van der Waals surface area (Å²) in [5.41, 5.74) is 18.2. The summed E-state index contributed by atoms with van der Waals surface area (Å²) in [6, 6.07) is 54.7. The summed E-state index contributed by atoms with van der Waals surface area (Å²) in [4.78, 5) is 0. The molecule has 1 aromatic heterocycles. The molecular formula is C47H38N2S. The fourth-order valence-electron chi connectivity index (χ4n) is 8.05. The van der Waals surface area contributed by atoms with E-state index in [0.717, 1.165) is 5.56 Å². The minimum absolute atomic E-state index is 0.0968. The van der Waals surface area contributed by atoms with Gasteiger partial charge in [0.1, 0.15) is 0 Å². The fourth-order valence-corrected chi connectivity index (χ4v) is 9.18. The topological polar surface area (TPSA) is 38.0 Å². The van der Waals surface area contributed by atoms with E-state index in [9.17, 15) is 0 Å². The third-order valence-electron chi connectivity index (χ3n) is 10.6. The molecule has 1 heterocycles. The van der Waals surface area contributed by atoms with Crippen LogP contribution in [0.15, 0.2) is 158 Å². The van der Waals surface area contributed by atoms with Crippen molar-refractivity contribution >= 4 is 48.4 Å². The van der Waals surface area contributed by atoms with Crippen LogP contribution < -0.4 is 11.1 Å². The minimum Gasteiger partial charge on any atom is -0.312 e. The van der Waals surface area contributed by atoms with Gasteiger partial charge >= 0.3 is 0 Å². The molecule has 0 saturated heterocycles. The van der Waals surface area contributed by atoms with Crippen molar-refractivity contribution in [3.05, 3.63) is 186 Å². The zero-order chi connectivity index (χ0) is 33.8. The van der Waals surface area contributed by atoms with Gasteiger partial charge in [-0.25, -0.2) is 0 Å². The van der Waals surface area contributed by atoms with Crippen molar-refractivity contribution < 1.29 is 0 Å². The van der Waals surface area contributed by atoms with E-state index in [4.69, 9.17) is 5.73 Å². The van der Waals surface area contributed by atoms with Gasteiger partial charge in [-0.3, -0.25) is 5.32 Å². The molecule has 0 saturated carbocycles. The molecule has 1 aliphatic carbocycles. The number of nitrogens with one attached hydrogen (secondary N) is 1. The fraction of sp³-hybridized carbons (Fsp3) is 0.106. The molecule has 0 spiro atoms. The summed E-state index contributed by atoms with van der Waals surface area (Å²) >= 11 is 1.86. The van der Waals surface area contributed by atoms with Gasteiger partial charge in [0.05, 0.1) is 12.2 Å². The van der Waals surface area contributed by atoms with Crippen LogP contribution in [0.5, 0.6) is 0 Å². The third-order valence-corrected chi connectivity index (χ3v) is 11.7. The van der Waals surface area contributed by atoms with Gasteiger partial charge in [0.2, 0.25) is 0 Å². The van der Waals surface area contributed by atoms with Crippen LogP contribution in [0, 0.1) is 0 Å². The predicted octanol–water partition coefficient (Wildman–Crippen LogP) is 12.2. The first-order valence-corrected chi connectivity index (χ1v) is 18.2. The van der Waals surface area contributed by atoms with Crippen molar-refractivity contribution in [2.75, 3.05) is 0 Å². The predicted molar refractivity (Wildman–Crippen MR) is 215 cm³/mol. The second kappa shape index (κ2) is 12.2. The van der Waals surface area contributed by atoms with Crippen molar-refractivity contribution in [3.8, 4) is 22.3 Å². The maximum Gasteiger partial charge on any atom is 0.0817 e. The van der Waals surface area contributed by atoms with Crippen LogP contribution in [0.4, 0.5) is 0 Å². The van der Waals surface area contributed by atoms with Crippen molar-refractivity contribution in [2.24, 2.45) is 5.73 Å². The molecule has 2 unspecified atom stereocenters. The third kappa shape index (κ3) is 5.09. The molecule has 0 bridgehead atoms. The SMILES string of the molecule is CC1(C)c2cc3ccccc3cc2-c2c(/C=C/C(NC(N)c3ccccc3)c3ccccc3-c3cccc4sc5ccccc5c34)cccc21. The maximum absolute atomic E-state index is 6.94. The summed E-state index contributed by atoms with van der Waals surface area (Å²) < 4.78 is 2.61. The lowest BCUT2D eigenvalue weighted by Crippen LogP contribution is -2.31. The minimum atomic E-state index is -0.357. The highest BCUT2D eigenvalue weighted by molar-refractivity contribution is 7.25. The van der Waals surface area contributed by atoms with Crippen LogP contribution in [0.1, 0.15) is 53.9 Å². The molecule has 0 radical (unpaired) electrons. The molecular weight excluding hydrogens is 625 g/mol. The number of hydrogen-bond acceptors (Lipinski definition) is 3. The molecule has 50 heavy (non-hydrogen) atoms. The summed E-state index contributed by atoms with van der Waals surface area (Å²) in [6.07, 6.45) is 4.27. The first kappa shape index (κ1) is 30.7. The monoisotopic (exact) mass is 662 g/mol. The van der Waals surface area contributed by atoms with E-state index < -0.39 is 0 Å². The standard InChI is InChI=1S/C47H38N2S/c1-47(2)39-23-12-18-30(44(39)38-28-32-16-6-7-17-33(32)29-40(38)47)26-27-41(49-46(48)31-14-4-3-5-15-31)35-20-9-8-19-34(35)36-22-13-25-43-45(36)37-21-10-11-24-42(37)50-43/h3-29,41,46,49H,48H2,1-2H3/b27-26+. The Hall–Kier alpha value is -5.32. The van der Waals surface area contributed by atoms with Gasteiger partial charge in [0.15, 0.2) is 0 Å². The molecule has 0 amide bonds. The average molecular weight is 663 g/mol. The molecule has 242 valence electrons. The zero-order valence-electron chi connectivity index (χ0n) is 28.2. The van der Waals surface area contributed by atoms with Crippen LogP contribution in [-0.2, 0) is 5.41 Å². The zero-order valence-corrected chi connectivity index (χ0v) is 29.0. The van der Waals surface area contributed by atoms with Crippen LogP contribution >= 0.6 is 11.3 Å². The summed E-state index contributed by atoms with van der Waals surface area (Å²) in [7, 11) is 0. The van der Waals surface area contributed by atoms with E-state index in [1.54, 1.807) is 0 Å². The van der Waals surface area contributed by atoms with Crippen LogP contribution in [0.25, 0.3) is 59.3 Å². The number of hydrogen-bond donors (Lipinski definition) is 2. The van der Waals surface area contributed by atoms with Gasteiger partial charge in [-0.05, 0) is 85.1 Å². The molecule has 2 nitrogen and oxygen atoms in total. The van der Waals surface area contributed by atoms with E-state index in [1.165, 1.54) is 75.5 Å². The van der Waals surface area contributed by atoms with Crippen molar-refractivity contribution in [1.82, 2.24) is 5.32 Å². The Labute approximate surface area is 297 Å². The number of benzene rings is 7. The van der Waals surface area contributed by atoms with Crippen molar-refractivity contribution in [2.45, 2.75) is 31.5 Å². The average Bonchev–Trinajstić information content (AvgIpc) is 3.65. The van der Waals surface area contributed by atoms with Crippen molar-refractivity contribution in [3.63, 3.8) is 0 Å². The largest absolute Gasteiger partial charge is 0.312 e. The quantitative estimate of drug-likeness (QED) is 0.167. The molecule has 3 heteroatoms. The number of thiophene rings is 1. The Morgan fingerprint density at radius 1 is 0.620 bits per heavy atom. The molecule has 9 rings (SSSR count). The highest BCUT2D eigenvalue weighted by Gasteiger charge is 2.36. The van der Waals surface area contributed by atoms with Gasteiger partial charge in [0, 0.05) is 25.6 Å². The smallest absolute Gasteiger partial charge is 0.0817 e. The first-order chi connectivity index (χ1) is 24.5. The van der Waals surface area contributed by atoms with Gasteiger partial charge in [-0.15, -0.1) is 11.3 Å². The lowest BCUT2D eigenvalue weighted by atomic mass is 9.81. The molecule has 2 atom stereocenters. The van der Waals surface area contributed by atoms with Crippen LogP contribution in [0.3, 0.4) is 0 Å². The summed E-state index contributed by atoms with van der Waals surface area (Å²) in [6.45, 7) is 4.71. The first-order valence-electron chi connectivity index (χ1n) is 17.4. The Bertz CT molecular complexity index is 2580. The van der Waals surface area contributed by atoms with E-state index >= 15 is 0 Å². The normalized spacial score (nSPS) is 14.7. The molecule has 0 aliphatic heterocycles. The van der Waals surface area contributed by atoms with E-state index in [2.05, 4.69) is 165 Å². The Morgan fingerprint density at radius 2 is 1.30 bits per heavy atom. The lowest BCUT2D eigenvalue weighted by Gasteiger charge is -2.24. The van der Waals surface area contributed by atoms with Gasteiger partial charge in [0.25, 0.3) is 0 Å². The van der Waals surface area contributed by atoms with E-state index in [-0.39, 0.29) is 17.6 Å². The number of nitrogens with two attached hydrogens (primary N) is 1. The van der Waals surface area contributed by atoms with Crippen LogP contribution in [0.2, 0.25) is 0 Å². The second-order valence-electron chi connectivity index (χ2n) is 13.9.